The highest BCUT2D eigenvalue weighted by Crippen LogP contribution is 2.19. The zero-order chi connectivity index (χ0) is 14.4. The molecule has 1 amide bonds. The van der Waals surface area contributed by atoms with E-state index in [0.717, 1.165) is 50.4 Å². The van der Waals surface area contributed by atoms with Crippen molar-refractivity contribution in [1.29, 1.82) is 0 Å². The molecule has 2 rings (SSSR count). The quantitative estimate of drug-likeness (QED) is 0.899. The first-order valence-electron chi connectivity index (χ1n) is 7.38. The van der Waals surface area contributed by atoms with Gasteiger partial charge in [-0.1, -0.05) is 12.1 Å². The van der Waals surface area contributed by atoms with Gasteiger partial charge in [0.15, 0.2) is 0 Å². The molecule has 1 aromatic rings. The van der Waals surface area contributed by atoms with Gasteiger partial charge < -0.3 is 15.0 Å². The van der Waals surface area contributed by atoms with E-state index >= 15 is 0 Å². The topological polar surface area (TPSA) is 41.6 Å². The lowest BCUT2D eigenvalue weighted by molar-refractivity contribution is 0.0389. The summed E-state index contributed by atoms with van der Waals surface area (Å²) in [5.41, 5.74) is 1.65. The summed E-state index contributed by atoms with van der Waals surface area (Å²) in [7, 11) is 1.87. The second-order valence-electron chi connectivity index (χ2n) is 5.34. The fourth-order valence-electron chi connectivity index (χ4n) is 2.64. The summed E-state index contributed by atoms with van der Waals surface area (Å²) < 4.78 is 5.48. The lowest BCUT2D eigenvalue weighted by atomic mass is 10.0. The van der Waals surface area contributed by atoms with Crippen LogP contribution in [0.2, 0.25) is 0 Å². The van der Waals surface area contributed by atoms with Gasteiger partial charge in [-0.25, -0.2) is 0 Å². The van der Waals surface area contributed by atoms with Crippen LogP contribution in [-0.2, 0) is 4.74 Å². The summed E-state index contributed by atoms with van der Waals surface area (Å²) in [6.45, 7) is 5.23. The molecule has 1 fully saturated rings. The Morgan fingerprint density at radius 1 is 1.45 bits per heavy atom. The SMILES string of the molecule is CCNc1ccccc1C(=O)N(C)CC1CCCOC1. The monoisotopic (exact) mass is 276 g/mol. The van der Waals surface area contributed by atoms with E-state index in [1.807, 2.05) is 43.1 Å². The van der Waals surface area contributed by atoms with Crippen LogP contribution in [-0.4, -0.2) is 44.2 Å². The van der Waals surface area contributed by atoms with E-state index < -0.39 is 0 Å². The van der Waals surface area contributed by atoms with Crippen LogP contribution in [0.3, 0.4) is 0 Å². The Bertz CT molecular complexity index is 442. The van der Waals surface area contributed by atoms with E-state index in [-0.39, 0.29) is 5.91 Å². The zero-order valence-electron chi connectivity index (χ0n) is 12.4. The summed E-state index contributed by atoms with van der Waals surface area (Å²) >= 11 is 0. The summed E-state index contributed by atoms with van der Waals surface area (Å²) in [6, 6.07) is 7.69. The number of hydrogen-bond donors (Lipinski definition) is 1. The molecule has 0 spiro atoms. The smallest absolute Gasteiger partial charge is 0.255 e. The van der Waals surface area contributed by atoms with Crippen LogP contribution < -0.4 is 5.32 Å². The van der Waals surface area contributed by atoms with E-state index in [4.69, 9.17) is 4.74 Å². The third kappa shape index (κ3) is 3.73. The summed E-state index contributed by atoms with van der Waals surface area (Å²) in [4.78, 5) is 14.4. The van der Waals surface area contributed by atoms with Crippen molar-refractivity contribution in [2.24, 2.45) is 5.92 Å². The predicted octanol–water partition coefficient (Wildman–Crippen LogP) is 2.62. The van der Waals surface area contributed by atoms with Crippen molar-refractivity contribution in [2.75, 3.05) is 38.7 Å². The Morgan fingerprint density at radius 2 is 2.25 bits per heavy atom. The maximum Gasteiger partial charge on any atom is 0.255 e. The second-order valence-corrected chi connectivity index (χ2v) is 5.34. The molecule has 20 heavy (non-hydrogen) atoms. The highest BCUT2D eigenvalue weighted by molar-refractivity contribution is 5.99. The third-order valence-electron chi connectivity index (χ3n) is 3.66. The Labute approximate surface area is 121 Å². The van der Waals surface area contributed by atoms with Gasteiger partial charge >= 0.3 is 0 Å². The first kappa shape index (κ1) is 14.9. The number of nitrogens with zero attached hydrogens (tertiary/aromatic N) is 1. The molecule has 1 aromatic carbocycles. The molecule has 4 nitrogen and oxygen atoms in total. The number of rotatable bonds is 5. The third-order valence-corrected chi connectivity index (χ3v) is 3.66. The molecular formula is C16H24N2O2. The Balaban J connectivity index is 2.02. The Hall–Kier alpha value is -1.55. The summed E-state index contributed by atoms with van der Waals surface area (Å²) in [5.74, 6) is 0.538. The number of ether oxygens (including phenoxy) is 1. The Morgan fingerprint density at radius 3 is 2.95 bits per heavy atom. The van der Waals surface area contributed by atoms with E-state index in [1.165, 1.54) is 0 Å². The number of nitrogens with one attached hydrogen (secondary N) is 1. The van der Waals surface area contributed by atoms with Gasteiger partial charge in [-0.05, 0) is 37.8 Å². The van der Waals surface area contributed by atoms with Crippen LogP contribution in [0.15, 0.2) is 24.3 Å². The number of para-hydroxylation sites is 1. The van der Waals surface area contributed by atoms with Crippen LogP contribution in [0.25, 0.3) is 0 Å². The molecule has 1 aliphatic heterocycles. The zero-order valence-corrected chi connectivity index (χ0v) is 12.4. The van der Waals surface area contributed by atoms with Crippen molar-refractivity contribution in [3.63, 3.8) is 0 Å². The van der Waals surface area contributed by atoms with Crippen LogP contribution in [0.5, 0.6) is 0 Å². The van der Waals surface area contributed by atoms with Crippen LogP contribution in [0.1, 0.15) is 30.1 Å². The second kappa shape index (κ2) is 7.29. The van der Waals surface area contributed by atoms with Gasteiger partial charge in [0.2, 0.25) is 0 Å². The summed E-state index contributed by atoms with van der Waals surface area (Å²) in [6.07, 6.45) is 2.24. The maximum absolute atomic E-state index is 12.6. The van der Waals surface area contributed by atoms with Gasteiger partial charge in [-0.15, -0.1) is 0 Å². The molecule has 0 saturated carbocycles. The average molecular weight is 276 g/mol. The van der Waals surface area contributed by atoms with E-state index in [9.17, 15) is 4.79 Å². The van der Waals surface area contributed by atoms with Crippen molar-refractivity contribution in [2.45, 2.75) is 19.8 Å². The first-order valence-corrected chi connectivity index (χ1v) is 7.38. The lowest BCUT2D eigenvalue weighted by Crippen LogP contribution is -2.35. The van der Waals surface area contributed by atoms with Gasteiger partial charge in [0.25, 0.3) is 5.91 Å². The van der Waals surface area contributed by atoms with Crippen molar-refractivity contribution < 1.29 is 9.53 Å². The standard InChI is InChI=1S/C16H24N2O2/c1-3-17-15-9-5-4-8-14(15)16(19)18(2)11-13-7-6-10-20-12-13/h4-5,8-9,13,17H,3,6-7,10-12H2,1-2H3. The number of benzene rings is 1. The van der Waals surface area contributed by atoms with Gasteiger partial charge in [0.05, 0.1) is 12.2 Å². The molecule has 0 aliphatic carbocycles. The highest BCUT2D eigenvalue weighted by atomic mass is 16.5. The minimum atomic E-state index is 0.0760. The largest absolute Gasteiger partial charge is 0.385 e. The number of carbonyl (C=O) groups is 1. The molecule has 4 heteroatoms. The minimum Gasteiger partial charge on any atom is -0.385 e. The van der Waals surface area contributed by atoms with Crippen LogP contribution in [0, 0.1) is 5.92 Å². The predicted molar refractivity (Wildman–Crippen MR) is 81.1 cm³/mol. The lowest BCUT2D eigenvalue weighted by Gasteiger charge is -2.27. The first-order chi connectivity index (χ1) is 9.72. The van der Waals surface area contributed by atoms with Crippen molar-refractivity contribution in [3.8, 4) is 0 Å². The minimum absolute atomic E-state index is 0.0760. The molecule has 1 N–H and O–H groups in total. The molecule has 1 saturated heterocycles. The molecule has 1 aliphatic rings. The van der Waals surface area contributed by atoms with Crippen molar-refractivity contribution in [3.05, 3.63) is 29.8 Å². The molecule has 0 bridgehead atoms. The van der Waals surface area contributed by atoms with Gasteiger partial charge in [-0.3, -0.25) is 4.79 Å². The molecule has 0 aromatic heterocycles. The van der Waals surface area contributed by atoms with E-state index in [0.29, 0.717) is 5.92 Å². The fraction of sp³-hybridized carbons (Fsp3) is 0.562. The average Bonchev–Trinajstić information content (AvgIpc) is 2.48. The molecule has 0 radical (unpaired) electrons. The molecule has 1 atom stereocenters. The number of amides is 1. The van der Waals surface area contributed by atoms with Crippen LogP contribution in [0.4, 0.5) is 5.69 Å². The van der Waals surface area contributed by atoms with Gasteiger partial charge in [0.1, 0.15) is 0 Å². The normalized spacial score (nSPS) is 18.6. The highest BCUT2D eigenvalue weighted by Gasteiger charge is 2.20. The molecule has 1 heterocycles. The fourth-order valence-corrected chi connectivity index (χ4v) is 2.64. The van der Waals surface area contributed by atoms with E-state index in [1.54, 1.807) is 0 Å². The van der Waals surface area contributed by atoms with Gasteiger partial charge in [-0.2, -0.15) is 0 Å². The molecular weight excluding hydrogens is 252 g/mol. The summed E-state index contributed by atoms with van der Waals surface area (Å²) in [5, 5.41) is 3.24. The Kier molecular flexibility index (Phi) is 5.41. The number of carbonyl (C=O) groups excluding carboxylic acids is 1. The maximum atomic E-state index is 12.6. The van der Waals surface area contributed by atoms with Crippen LogP contribution >= 0.6 is 0 Å². The molecule has 1 unspecified atom stereocenters. The van der Waals surface area contributed by atoms with E-state index in [2.05, 4.69) is 5.32 Å². The number of anilines is 1. The molecule has 110 valence electrons. The van der Waals surface area contributed by atoms with Crippen molar-refractivity contribution >= 4 is 11.6 Å². The van der Waals surface area contributed by atoms with Gasteiger partial charge in [0, 0.05) is 32.4 Å². The van der Waals surface area contributed by atoms with Crippen molar-refractivity contribution in [1.82, 2.24) is 4.90 Å². The number of hydrogen-bond acceptors (Lipinski definition) is 3.